The molecule has 0 aliphatic carbocycles. The zero-order chi connectivity index (χ0) is 17.3. The average Bonchev–Trinajstić information content (AvgIpc) is 2.96. The highest BCUT2D eigenvalue weighted by Gasteiger charge is 2.39. The van der Waals surface area contributed by atoms with Gasteiger partial charge in [0.15, 0.2) is 0 Å². The van der Waals surface area contributed by atoms with Gasteiger partial charge in [-0.25, -0.2) is 0 Å². The Labute approximate surface area is 148 Å². The summed E-state index contributed by atoms with van der Waals surface area (Å²) in [6, 6.07) is 8.08. The molecule has 1 N–H and O–H groups in total. The number of carbonyl (C=O) groups excluding carboxylic acids is 1. The zero-order valence-corrected chi connectivity index (χ0v) is 15.3. The number of esters is 1. The third kappa shape index (κ3) is 3.05. The fourth-order valence-electron chi connectivity index (χ4n) is 3.82. The van der Waals surface area contributed by atoms with Gasteiger partial charge >= 0.3 is 5.97 Å². The molecular weight excluding hydrogens is 324 g/mol. The van der Waals surface area contributed by atoms with Crippen molar-refractivity contribution in [2.75, 3.05) is 13.7 Å². The van der Waals surface area contributed by atoms with Crippen LogP contribution in [0.2, 0.25) is 0 Å². The molecule has 0 bridgehead atoms. The minimum absolute atomic E-state index is 0.0375. The first-order chi connectivity index (χ1) is 11.6. The summed E-state index contributed by atoms with van der Waals surface area (Å²) in [7, 11) is 1.46. The molecule has 24 heavy (non-hydrogen) atoms. The lowest BCUT2D eigenvalue weighted by Crippen LogP contribution is -2.50. The molecule has 0 spiro atoms. The molecule has 0 saturated carbocycles. The van der Waals surface area contributed by atoms with Crippen molar-refractivity contribution < 1.29 is 9.53 Å². The first-order valence-corrected chi connectivity index (χ1v) is 9.07. The van der Waals surface area contributed by atoms with E-state index in [1.165, 1.54) is 23.8 Å². The number of benzene rings is 1. The lowest BCUT2D eigenvalue weighted by Gasteiger charge is -2.40. The number of para-hydroxylation sites is 1. The number of ether oxygens (including phenoxy) is 1. The van der Waals surface area contributed by atoms with Gasteiger partial charge in [-0.15, -0.1) is 11.6 Å². The molecule has 3 rings (SSSR count). The van der Waals surface area contributed by atoms with Gasteiger partial charge in [-0.3, -0.25) is 9.69 Å². The number of aromatic nitrogens is 1. The van der Waals surface area contributed by atoms with E-state index >= 15 is 0 Å². The van der Waals surface area contributed by atoms with Crippen molar-refractivity contribution in [1.29, 1.82) is 0 Å². The van der Waals surface area contributed by atoms with Gasteiger partial charge in [0, 0.05) is 41.0 Å². The van der Waals surface area contributed by atoms with Gasteiger partial charge in [-0.2, -0.15) is 0 Å². The van der Waals surface area contributed by atoms with Crippen LogP contribution in [-0.4, -0.2) is 40.9 Å². The third-order valence-electron chi connectivity index (χ3n) is 5.04. The van der Waals surface area contributed by atoms with Crippen LogP contribution in [0.3, 0.4) is 0 Å². The van der Waals surface area contributed by atoms with Crippen molar-refractivity contribution >= 4 is 28.5 Å². The van der Waals surface area contributed by atoms with Crippen LogP contribution < -0.4 is 0 Å². The second-order valence-electron chi connectivity index (χ2n) is 6.56. The highest BCUT2D eigenvalue weighted by Crippen LogP contribution is 2.37. The van der Waals surface area contributed by atoms with Gasteiger partial charge in [-0.1, -0.05) is 31.5 Å². The number of methoxy groups -OCH3 is 1. The van der Waals surface area contributed by atoms with Crippen molar-refractivity contribution in [1.82, 2.24) is 9.88 Å². The predicted molar refractivity (Wildman–Crippen MR) is 97.5 cm³/mol. The zero-order valence-electron chi connectivity index (χ0n) is 14.5. The Bertz CT molecular complexity index is 727. The highest BCUT2D eigenvalue weighted by molar-refractivity contribution is 6.20. The monoisotopic (exact) mass is 348 g/mol. The molecule has 0 radical (unpaired) electrons. The van der Waals surface area contributed by atoms with Crippen molar-refractivity contribution in [2.45, 2.75) is 50.6 Å². The van der Waals surface area contributed by atoms with E-state index in [-0.39, 0.29) is 23.4 Å². The van der Waals surface area contributed by atoms with Crippen LogP contribution in [-0.2, 0) is 16.0 Å². The summed E-state index contributed by atoms with van der Waals surface area (Å²) in [5.41, 5.74) is 3.54. The van der Waals surface area contributed by atoms with Crippen LogP contribution in [0.1, 0.15) is 44.0 Å². The molecule has 1 aliphatic rings. The molecule has 2 aromatic rings. The summed E-state index contributed by atoms with van der Waals surface area (Å²) in [6.45, 7) is 4.95. The Morgan fingerprint density at radius 2 is 2.21 bits per heavy atom. The summed E-state index contributed by atoms with van der Waals surface area (Å²) >= 11 is 6.49. The van der Waals surface area contributed by atoms with Crippen molar-refractivity contribution in [2.24, 2.45) is 0 Å². The van der Waals surface area contributed by atoms with Crippen molar-refractivity contribution in [3.8, 4) is 0 Å². The van der Waals surface area contributed by atoms with E-state index in [4.69, 9.17) is 16.3 Å². The van der Waals surface area contributed by atoms with Crippen LogP contribution >= 0.6 is 11.6 Å². The summed E-state index contributed by atoms with van der Waals surface area (Å²) in [5.74, 6) is -0.182. The first-order valence-electron chi connectivity index (χ1n) is 8.63. The molecule has 3 atom stereocenters. The number of hydrogen-bond acceptors (Lipinski definition) is 3. The largest absolute Gasteiger partial charge is 0.468 e. The summed E-state index contributed by atoms with van der Waals surface area (Å²) in [5, 5.41) is 1.24. The number of alkyl halides is 1. The van der Waals surface area contributed by atoms with Crippen LogP contribution in [0.25, 0.3) is 10.9 Å². The number of nitrogens with one attached hydrogen (secondary N) is 1. The predicted octanol–water partition coefficient (Wildman–Crippen LogP) is 4.04. The molecule has 1 aromatic heterocycles. The Hall–Kier alpha value is -1.52. The van der Waals surface area contributed by atoms with Crippen LogP contribution in [0.5, 0.6) is 0 Å². The second-order valence-corrected chi connectivity index (χ2v) is 7.18. The quantitative estimate of drug-likeness (QED) is 0.655. The normalized spacial score (nSPS) is 22.3. The number of nitrogens with zero attached hydrogens (tertiary/aromatic N) is 1. The van der Waals surface area contributed by atoms with E-state index in [1.807, 2.05) is 12.1 Å². The standard InChI is InChI=1S/C19H25ClN2O2/c1-4-7-13(20)11-22-12(2)18-15(10-17(22)19(23)24-3)14-8-5-6-9-16(14)21-18/h5-6,8-9,12-13,17,21H,4,7,10-11H2,1-3H3/t12?,13?,17-/m0/s1. The first kappa shape index (κ1) is 17.3. The Morgan fingerprint density at radius 3 is 2.92 bits per heavy atom. The Kier molecular flexibility index (Phi) is 5.16. The van der Waals surface area contributed by atoms with E-state index < -0.39 is 0 Å². The smallest absolute Gasteiger partial charge is 0.323 e. The molecule has 1 aliphatic heterocycles. The number of carbonyl (C=O) groups is 1. The molecule has 130 valence electrons. The van der Waals surface area contributed by atoms with Gasteiger partial charge in [0.1, 0.15) is 6.04 Å². The van der Waals surface area contributed by atoms with Gasteiger partial charge in [-0.05, 0) is 25.0 Å². The Morgan fingerprint density at radius 1 is 1.46 bits per heavy atom. The lowest BCUT2D eigenvalue weighted by atomic mass is 9.92. The van der Waals surface area contributed by atoms with Gasteiger partial charge in [0.05, 0.1) is 7.11 Å². The summed E-state index contributed by atoms with van der Waals surface area (Å²) in [6.07, 6.45) is 2.64. The van der Waals surface area contributed by atoms with Crippen molar-refractivity contribution in [3.05, 3.63) is 35.5 Å². The fraction of sp³-hybridized carbons (Fsp3) is 0.526. The molecule has 1 aromatic carbocycles. The van der Waals surface area contributed by atoms with Crippen LogP contribution in [0, 0.1) is 0 Å². The minimum atomic E-state index is -0.283. The molecular formula is C19H25ClN2O2. The number of fused-ring (bicyclic) bond motifs is 3. The molecule has 2 heterocycles. The maximum absolute atomic E-state index is 12.4. The van der Waals surface area contributed by atoms with Crippen LogP contribution in [0.15, 0.2) is 24.3 Å². The van der Waals surface area contributed by atoms with Crippen LogP contribution in [0.4, 0.5) is 0 Å². The van der Waals surface area contributed by atoms with E-state index in [1.54, 1.807) is 0 Å². The molecule has 4 nitrogen and oxygen atoms in total. The molecule has 5 heteroatoms. The maximum Gasteiger partial charge on any atom is 0.323 e. The average molecular weight is 349 g/mol. The number of rotatable bonds is 5. The SMILES string of the molecule is CCCC(Cl)CN1C(C)c2[nH]c3ccccc3c2C[C@H]1C(=O)OC. The van der Waals surface area contributed by atoms with Gasteiger partial charge in [0.2, 0.25) is 0 Å². The molecule has 2 unspecified atom stereocenters. The molecule has 0 amide bonds. The highest BCUT2D eigenvalue weighted by atomic mass is 35.5. The number of halogens is 1. The van der Waals surface area contributed by atoms with E-state index in [9.17, 15) is 4.79 Å². The number of aromatic amines is 1. The van der Waals surface area contributed by atoms with E-state index in [0.717, 1.165) is 18.4 Å². The van der Waals surface area contributed by atoms with Crippen molar-refractivity contribution in [3.63, 3.8) is 0 Å². The molecule has 0 saturated heterocycles. The summed E-state index contributed by atoms with van der Waals surface area (Å²) in [4.78, 5) is 18.1. The number of hydrogen-bond donors (Lipinski definition) is 1. The third-order valence-corrected chi connectivity index (χ3v) is 5.40. The lowest BCUT2D eigenvalue weighted by molar-refractivity contribution is -0.148. The van der Waals surface area contributed by atoms with Gasteiger partial charge < -0.3 is 9.72 Å². The number of H-pyrrole nitrogens is 1. The second kappa shape index (κ2) is 7.16. The van der Waals surface area contributed by atoms with E-state index in [2.05, 4.69) is 35.9 Å². The summed E-state index contributed by atoms with van der Waals surface area (Å²) < 4.78 is 5.08. The van der Waals surface area contributed by atoms with Gasteiger partial charge in [0.25, 0.3) is 0 Å². The van der Waals surface area contributed by atoms with E-state index in [0.29, 0.717) is 13.0 Å². The fourth-order valence-corrected chi connectivity index (χ4v) is 4.19. The molecule has 0 fully saturated rings. The minimum Gasteiger partial charge on any atom is -0.468 e. The topological polar surface area (TPSA) is 45.3 Å². The Balaban J connectivity index is 2.00. The maximum atomic E-state index is 12.4.